The van der Waals surface area contributed by atoms with Crippen molar-refractivity contribution in [1.29, 1.82) is 0 Å². The topological polar surface area (TPSA) is 52.6 Å². The van der Waals surface area contributed by atoms with Crippen molar-refractivity contribution in [3.05, 3.63) is 59.5 Å². The Morgan fingerprint density at radius 2 is 2.00 bits per heavy atom. The van der Waals surface area contributed by atoms with Gasteiger partial charge < -0.3 is 15.5 Å². The zero-order valence-electron chi connectivity index (χ0n) is 16.0. The van der Waals surface area contributed by atoms with Crippen LogP contribution in [0.1, 0.15) is 24.0 Å². The minimum Gasteiger partial charge on any atom is -0.362 e. The van der Waals surface area contributed by atoms with Gasteiger partial charge in [-0.2, -0.15) is 0 Å². The predicted octanol–water partition coefficient (Wildman–Crippen LogP) is 3.30. The van der Waals surface area contributed by atoms with E-state index in [1.165, 1.54) is 6.07 Å². The van der Waals surface area contributed by atoms with Crippen molar-refractivity contribution < 1.29 is 4.39 Å². The largest absolute Gasteiger partial charge is 0.362 e. The Bertz CT molecular complexity index is 789. The molecule has 1 fully saturated rings. The van der Waals surface area contributed by atoms with Crippen LogP contribution < -0.4 is 15.5 Å². The van der Waals surface area contributed by atoms with E-state index in [9.17, 15) is 4.39 Å². The van der Waals surface area contributed by atoms with E-state index in [1.807, 2.05) is 31.1 Å². The number of hydrogen-bond acceptors (Lipinski definition) is 3. The molecule has 1 aliphatic carbocycles. The molecule has 0 radical (unpaired) electrons. The number of nitrogens with one attached hydrogen (secondary N) is 2. The zero-order valence-corrected chi connectivity index (χ0v) is 18.3. The molecule has 0 unspecified atom stereocenters. The molecule has 3 rings (SSSR count). The first-order chi connectivity index (χ1) is 12.5. The number of aromatic nitrogens is 1. The highest BCUT2D eigenvalue weighted by Crippen LogP contribution is 2.47. The summed E-state index contributed by atoms with van der Waals surface area (Å²) in [5.74, 6) is 1.50. The number of pyridine rings is 1. The third-order valence-electron chi connectivity index (χ3n) is 4.85. The van der Waals surface area contributed by atoms with Gasteiger partial charge in [0, 0.05) is 51.4 Å². The Kier molecular flexibility index (Phi) is 7.41. The molecule has 0 aliphatic heterocycles. The zero-order chi connectivity index (χ0) is 18.6. The molecule has 0 amide bonds. The van der Waals surface area contributed by atoms with Crippen molar-refractivity contribution in [1.82, 2.24) is 15.6 Å². The quantitative estimate of drug-likeness (QED) is 0.376. The smallest absolute Gasteiger partial charge is 0.191 e. The summed E-state index contributed by atoms with van der Waals surface area (Å²) >= 11 is 0. The molecule has 7 heteroatoms. The summed E-state index contributed by atoms with van der Waals surface area (Å²) in [5, 5.41) is 6.73. The van der Waals surface area contributed by atoms with Gasteiger partial charge in [-0.3, -0.25) is 4.99 Å². The van der Waals surface area contributed by atoms with Crippen LogP contribution in [0.15, 0.2) is 47.6 Å². The number of benzene rings is 1. The van der Waals surface area contributed by atoms with Crippen molar-refractivity contribution in [2.75, 3.05) is 32.6 Å². The van der Waals surface area contributed by atoms with Crippen molar-refractivity contribution in [2.24, 2.45) is 4.99 Å². The Balaban J connectivity index is 0.00000261. The molecule has 2 aromatic rings. The highest BCUT2D eigenvalue weighted by molar-refractivity contribution is 14.0. The van der Waals surface area contributed by atoms with Gasteiger partial charge in [0.2, 0.25) is 0 Å². The molecule has 0 bridgehead atoms. The lowest BCUT2D eigenvalue weighted by Crippen LogP contribution is -2.41. The third kappa shape index (κ3) is 5.31. The molecule has 0 saturated heterocycles. The Morgan fingerprint density at radius 3 is 2.63 bits per heavy atom. The number of halogens is 2. The Hall–Kier alpha value is -1.90. The molecule has 1 aliphatic rings. The van der Waals surface area contributed by atoms with Gasteiger partial charge in [0.15, 0.2) is 5.96 Å². The molecule has 5 nitrogen and oxygen atoms in total. The molecule has 0 atom stereocenters. The monoisotopic (exact) mass is 483 g/mol. The van der Waals surface area contributed by atoms with Crippen molar-refractivity contribution in [2.45, 2.75) is 24.8 Å². The highest BCUT2D eigenvalue weighted by Gasteiger charge is 2.44. The van der Waals surface area contributed by atoms with Gasteiger partial charge in [-0.1, -0.05) is 18.2 Å². The molecular formula is C20H27FIN5. The van der Waals surface area contributed by atoms with Crippen LogP contribution in [0.5, 0.6) is 0 Å². The summed E-state index contributed by atoms with van der Waals surface area (Å²) in [5.41, 5.74) is 2.18. The second-order valence-corrected chi connectivity index (χ2v) is 6.95. The lowest BCUT2D eigenvalue weighted by molar-refractivity contribution is 0.607. The van der Waals surface area contributed by atoms with E-state index in [-0.39, 0.29) is 35.2 Å². The van der Waals surface area contributed by atoms with Crippen LogP contribution in [0.25, 0.3) is 0 Å². The Labute approximate surface area is 177 Å². The van der Waals surface area contributed by atoms with Gasteiger partial charge in [-0.25, -0.2) is 9.37 Å². The van der Waals surface area contributed by atoms with Crippen molar-refractivity contribution >= 4 is 35.8 Å². The SMILES string of the molecule is CN=C(NCc1cccnc1N(C)C)NCC1(c2cccc(F)c2)CC1.I. The number of anilines is 1. The summed E-state index contributed by atoms with van der Waals surface area (Å²) in [4.78, 5) is 10.7. The molecule has 1 saturated carbocycles. The number of rotatable bonds is 6. The molecular weight excluding hydrogens is 456 g/mol. The maximum absolute atomic E-state index is 13.5. The molecule has 1 heterocycles. The van der Waals surface area contributed by atoms with Crippen LogP contribution in [0, 0.1) is 5.82 Å². The first-order valence-electron chi connectivity index (χ1n) is 8.86. The molecule has 1 aromatic carbocycles. The van der Waals surface area contributed by atoms with Gasteiger partial charge in [0.25, 0.3) is 0 Å². The second-order valence-electron chi connectivity index (χ2n) is 6.95. The fraction of sp³-hybridized carbons (Fsp3) is 0.400. The van der Waals surface area contributed by atoms with E-state index in [1.54, 1.807) is 25.4 Å². The second kappa shape index (κ2) is 9.34. The fourth-order valence-electron chi connectivity index (χ4n) is 3.16. The van der Waals surface area contributed by atoms with Crippen LogP contribution >= 0.6 is 24.0 Å². The van der Waals surface area contributed by atoms with E-state index in [2.05, 4.69) is 26.7 Å². The summed E-state index contributed by atoms with van der Waals surface area (Å²) in [6, 6.07) is 10.9. The summed E-state index contributed by atoms with van der Waals surface area (Å²) < 4.78 is 13.5. The third-order valence-corrected chi connectivity index (χ3v) is 4.85. The Morgan fingerprint density at radius 1 is 1.22 bits per heavy atom. The molecule has 2 N–H and O–H groups in total. The minimum absolute atomic E-state index is 0. The van der Waals surface area contributed by atoms with E-state index in [4.69, 9.17) is 0 Å². The normalized spacial score (nSPS) is 14.9. The number of nitrogens with zero attached hydrogens (tertiary/aromatic N) is 3. The van der Waals surface area contributed by atoms with Gasteiger partial charge >= 0.3 is 0 Å². The first-order valence-corrected chi connectivity index (χ1v) is 8.86. The summed E-state index contributed by atoms with van der Waals surface area (Å²) in [6.07, 6.45) is 3.92. The van der Waals surface area contributed by atoms with E-state index < -0.39 is 0 Å². The average Bonchev–Trinajstić information content (AvgIpc) is 3.43. The lowest BCUT2D eigenvalue weighted by Gasteiger charge is -2.20. The van der Waals surface area contributed by atoms with E-state index in [0.717, 1.165) is 42.3 Å². The van der Waals surface area contributed by atoms with Crippen LogP contribution in [0.4, 0.5) is 10.2 Å². The maximum atomic E-state index is 13.5. The maximum Gasteiger partial charge on any atom is 0.191 e. The fourth-order valence-corrected chi connectivity index (χ4v) is 3.16. The van der Waals surface area contributed by atoms with E-state index in [0.29, 0.717) is 6.54 Å². The summed E-state index contributed by atoms with van der Waals surface area (Å²) in [6.45, 7) is 1.37. The van der Waals surface area contributed by atoms with Gasteiger partial charge in [-0.05, 0) is 36.6 Å². The van der Waals surface area contributed by atoms with E-state index >= 15 is 0 Å². The molecule has 27 heavy (non-hydrogen) atoms. The van der Waals surface area contributed by atoms with Crippen LogP contribution in [-0.4, -0.2) is 38.6 Å². The first kappa shape index (κ1) is 21.4. The van der Waals surface area contributed by atoms with Crippen LogP contribution in [0.2, 0.25) is 0 Å². The van der Waals surface area contributed by atoms with Gasteiger partial charge in [0.05, 0.1) is 0 Å². The number of aliphatic imine (C=N–C) groups is 1. The molecule has 146 valence electrons. The lowest BCUT2D eigenvalue weighted by atomic mass is 9.96. The van der Waals surface area contributed by atoms with Gasteiger partial charge in [0.1, 0.15) is 11.6 Å². The number of guanidine groups is 1. The standard InChI is InChI=1S/C20H26FN5.HI/c1-22-19(24-13-15-6-5-11-23-18(15)26(2)3)25-14-20(9-10-20)16-7-4-8-17(21)12-16;/h4-8,11-12H,9-10,13-14H2,1-3H3,(H2,22,24,25);1H. The van der Waals surface area contributed by atoms with Crippen molar-refractivity contribution in [3.63, 3.8) is 0 Å². The van der Waals surface area contributed by atoms with Crippen LogP contribution in [0.3, 0.4) is 0 Å². The predicted molar refractivity (Wildman–Crippen MR) is 119 cm³/mol. The average molecular weight is 483 g/mol. The molecule has 0 spiro atoms. The highest BCUT2D eigenvalue weighted by atomic mass is 127. The van der Waals surface area contributed by atoms with Crippen molar-refractivity contribution in [3.8, 4) is 0 Å². The summed E-state index contributed by atoms with van der Waals surface area (Å²) in [7, 11) is 5.72. The minimum atomic E-state index is -0.177. The molecule has 1 aromatic heterocycles. The van der Waals surface area contributed by atoms with Gasteiger partial charge in [-0.15, -0.1) is 24.0 Å². The van der Waals surface area contributed by atoms with Crippen LogP contribution in [-0.2, 0) is 12.0 Å². The number of hydrogen-bond donors (Lipinski definition) is 2.